The number of nitrogens with two attached hydrogens (primary N) is 1. The lowest BCUT2D eigenvalue weighted by atomic mass is 10.4. The monoisotopic (exact) mass is 278 g/mol. The van der Waals surface area contributed by atoms with E-state index >= 15 is 0 Å². The molecule has 0 atom stereocenters. The summed E-state index contributed by atoms with van der Waals surface area (Å²) in [7, 11) is 0. The van der Waals surface area contributed by atoms with Gasteiger partial charge in [-0.15, -0.1) is 0 Å². The summed E-state index contributed by atoms with van der Waals surface area (Å²) >= 11 is 0. The third-order valence-corrected chi connectivity index (χ3v) is 2.65. The van der Waals surface area contributed by atoms with Crippen molar-refractivity contribution < 1.29 is 4.74 Å². The van der Waals surface area contributed by atoms with Crippen molar-refractivity contribution in [1.29, 1.82) is 0 Å². The van der Waals surface area contributed by atoms with Gasteiger partial charge in [0.1, 0.15) is 31.1 Å². The molecule has 8 nitrogen and oxygen atoms in total. The van der Waals surface area contributed by atoms with Crippen LogP contribution in [0.1, 0.15) is 19.2 Å². The van der Waals surface area contributed by atoms with Crippen LogP contribution in [0.15, 0.2) is 23.4 Å². The average molecular weight is 278 g/mol. The summed E-state index contributed by atoms with van der Waals surface area (Å²) in [5.41, 5.74) is 5.09. The summed E-state index contributed by atoms with van der Waals surface area (Å²) in [5.74, 6) is 1.13. The van der Waals surface area contributed by atoms with Gasteiger partial charge in [0.15, 0.2) is 0 Å². The maximum Gasteiger partial charge on any atom is 0.270 e. The minimum absolute atomic E-state index is 0.245. The van der Waals surface area contributed by atoms with E-state index in [0.717, 1.165) is 13.0 Å². The summed E-state index contributed by atoms with van der Waals surface area (Å²) in [4.78, 5) is 16.1. The van der Waals surface area contributed by atoms with Crippen molar-refractivity contribution in [3.05, 3.63) is 34.8 Å². The van der Waals surface area contributed by atoms with Gasteiger partial charge in [0.05, 0.1) is 6.20 Å². The highest BCUT2D eigenvalue weighted by atomic mass is 16.5. The molecule has 0 radical (unpaired) electrons. The maximum absolute atomic E-state index is 11.9. The highest BCUT2D eigenvalue weighted by Crippen LogP contribution is 2.04. The molecule has 0 aliphatic rings. The van der Waals surface area contributed by atoms with Gasteiger partial charge < -0.3 is 10.5 Å². The fraction of sp³-hybridized carbons (Fsp3) is 0.500. The number of hydrogen-bond acceptors (Lipinski definition) is 6. The van der Waals surface area contributed by atoms with Gasteiger partial charge in [0.2, 0.25) is 0 Å². The van der Waals surface area contributed by atoms with Gasteiger partial charge in [-0.3, -0.25) is 4.79 Å². The maximum atomic E-state index is 11.9. The Hall–Kier alpha value is -2.22. The summed E-state index contributed by atoms with van der Waals surface area (Å²) in [6, 6.07) is 1.39. The molecule has 2 rings (SSSR count). The first-order valence-electron chi connectivity index (χ1n) is 6.51. The second kappa shape index (κ2) is 6.80. The van der Waals surface area contributed by atoms with E-state index in [1.54, 1.807) is 4.68 Å². The van der Waals surface area contributed by atoms with Crippen molar-refractivity contribution in [3.63, 3.8) is 0 Å². The standard InChI is InChI=1S/C12H18N6O2/c1-2-4-17-11(14-9-16-17)8-18-12(19)6-10(7-15-18)20-5-3-13/h6-7,9H,2-5,8,13H2,1H3. The summed E-state index contributed by atoms with van der Waals surface area (Å²) in [5, 5.41) is 8.18. The Kier molecular flexibility index (Phi) is 4.83. The fourth-order valence-corrected chi connectivity index (χ4v) is 1.73. The Morgan fingerprint density at radius 3 is 2.90 bits per heavy atom. The van der Waals surface area contributed by atoms with Crippen molar-refractivity contribution in [2.75, 3.05) is 13.2 Å². The molecule has 0 saturated heterocycles. The lowest BCUT2D eigenvalue weighted by molar-refractivity contribution is 0.323. The lowest BCUT2D eigenvalue weighted by Crippen LogP contribution is -2.25. The zero-order valence-corrected chi connectivity index (χ0v) is 11.4. The first-order valence-corrected chi connectivity index (χ1v) is 6.51. The van der Waals surface area contributed by atoms with Gasteiger partial charge in [-0.05, 0) is 6.42 Å². The van der Waals surface area contributed by atoms with Crippen LogP contribution in [0.25, 0.3) is 0 Å². The van der Waals surface area contributed by atoms with Crippen LogP contribution in [-0.2, 0) is 13.1 Å². The number of rotatable bonds is 7. The molecule has 0 saturated carbocycles. The predicted molar refractivity (Wildman–Crippen MR) is 72.5 cm³/mol. The summed E-state index contributed by atoms with van der Waals surface area (Å²) in [6.07, 6.45) is 3.93. The van der Waals surface area contributed by atoms with E-state index in [-0.39, 0.29) is 12.1 Å². The minimum atomic E-state index is -0.245. The van der Waals surface area contributed by atoms with Gasteiger partial charge in [-0.25, -0.2) is 14.3 Å². The van der Waals surface area contributed by atoms with Crippen molar-refractivity contribution in [1.82, 2.24) is 24.5 Å². The zero-order chi connectivity index (χ0) is 14.4. The Morgan fingerprint density at radius 1 is 1.35 bits per heavy atom. The van der Waals surface area contributed by atoms with Crippen LogP contribution in [0.3, 0.4) is 0 Å². The summed E-state index contributed by atoms with van der Waals surface area (Å²) < 4.78 is 8.35. The third-order valence-electron chi connectivity index (χ3n) is 2.65. The van der Waals surface area contributed by atoms with E-state index in [1.807, 2.05) is 0 Å². The van der Waals surface area contributed by atoms with Crippen LogP contribution in [0.2, 0.25) is 0 Å². The number of aromatic nitrogens is 5. The van der Waals surface area contributed by atoms with E-state index in [2.05, 4.69) is 22.1 Å². The first kappa shape index (κ1) is 14.2. The van der Waals surface area contributed by atoms with Gasteiger partial charge in [-0.1, -0.05) is 6.92 Å². The van der Waals surface area contributed by atoms with Crippen LogP contribution in [-0.4, -0.2) is 37.7 Å². The molecule has 20 heavy (non-hydrogen) atoms. The molecule has 0 fully saturated rings. The Morgan fingerprint density at radius 2 is 2.20 bits per heavy atom. The molecule has 0 aliphatic carbocycles. The highest BCUT2D eigenvalue weighted by molar-refractivity contribution is 5.13. The molecule has 2 heterocycles. The molecule has 0 aromatic carbocycles. The van der Waals surface area contributed by atoms with Gasteiger partial charge in [0.25, 0.3) is 5.56 Å². The zero-order valence-electron chi connectivity index (χ0n) is 11.4. The molecule has 2 N–H and O–H groups in total. The van der Waals surface area contributed by atoms with Crippen molar-refractivity contribution >= 4 is 0 Å². The average Bonchev–Trinajstić information content (AvgIpc) is 2.87. The predicted octanol–water partition coefficient (Wildman–Crippen LogP) is -0.369. The van der Waals surface area contributed by atoms with Crippen LogP contribution >= 0.6 is 0 Å². The molecule has 0 bridgehead atoms. The van der Waals surface area contributed by atoms with Crippen LogP contribution in [0, 0.1) is 0 Å². The second-order valence-electron chi connectivity index (χ2n) is 4.22. The minimum Gasteiger partial charge on any atom is -0.490 e. The molecule has 0 amide bonds. The Bertz CT molecular complexity index is 606. The number of nitrogens with zero attached hydrogens (tertiary/aromatic N) is 5. The molecule has 0 unspecified atom stereocenters. The third kappa shape index (κ3) is 3.41. The molecule has 2 aromatic rings. The van der Waals surface area contributed by atoms with Crippen molar-refractivity contribution in [2.24, 2.45) is 5.73 Å². The van der Waals surface area contributed by atoms with Crippen molar-refractivity contribution in [2.45, 2.75) is 26.4 Å². The lowest BCUT2D eigenvalue weighted by Gasteiger charge is -2.07. The highest BCUT2D eigenvalue weighted by Gasteiger charge is 2.07. The number of aryl methyl sites for hydroxylation is 1. The van der Waals surface area contributed by atoms with Crippen LogP contribution in [0.5, 0.6) is 5.75 Å². The molecule has 2 aromatic heterocycles. The van der Waals surface area contributed by atoms with Crippen LogP contribution in [0.4, 0.5) is 0 Å². The van der Waals surface area contributed by atoms with E-state index < -0.39 is 0 Å². The van der Waals surface area contributed by atoms with Gasteiger partial charge in [0, 0.05) is 19.2 Å². The smallest absolute Gasteiger partial charge is 0.270 e. The quantitative estimate of drug-likeness (QED) is 0.741. The molecule has 108 valence electrons. The Balaban J connectivity index is 2.13. The van der Waals surface area contributed by atoms with Crippen LogP contribution < -0.4 is 16.0 Å². The summed E-state index contributed by atoms with van der Waals surface area (Å²) in [6.45, 7) is 3.86. The van der Waals surface area contributed by atoms with Gasteiger partial charge in [-0.2, -0.15) is 10.2 Å². The van der Waals surface area contributed by atoms with E-state index in [9.17, 15) is 4.79 Å². The molecular weight excluding hydrogens is 260 g/mol. The first-order chi connectivity index (χ1) is 9.74. The largest absolute Gasteiger partial charge is 0.490 e. The topological polar surface area (TPSA) is 101 Å². The molecule has 8 heteroatoms. The van der Waals surface area contributed by atoms with E-state index in [4.69, 9.17) is 10.5 Å². The number of ether oxygens (including phenoxy) is 1. The molecular formula is C12H18N6O2. The number of hydrogen-bond donors (Lipinski definition) is 1. The Labute approximate surface area is 116 Å². The molecule has 0 spiro atoms. The fourth-order valence-electron chi connectivity index (χ4n) is 1.73. The normalized spacial score (nSPS) is 10.7. The van der Waals surface area contributed by atoms with Gasteiger partial charge >= 0.3 is 0 Å². The van der Waals surface area contributed by atoms with E-state index in [1.165, 1.54) is 23.3 Å². The van der Waals surface area contributed by atoms with Crippen molar-refractivity contribution in [3.8, 4) is 5.75 Å². The van der Waals surface area contributed by atoms with E-state index in [0.29, 0.717) is 24.7 Å². The molecule has 0 aliphatic heterocycles. The SMILES string of the molecule is CCCn1ncnc1Cn1ncc(OCCN)cc1=O. The second-order valence-corrected chi connectivity index (χ2v) is 4.22.